The molecule has 0 aromatic heterocycles. The molecular formula is C9H19N3O. The van der Waals surface area contributed by atoms with Gasteiger partial charge in [-0.1, -0.05) is 6.92 Å². The summed E-state index contributed by atoms with van der Waals surface area (Å²) in [5, 5.41) is 6.18. The number of nitrogens with two attached hydrogens (primary N) is 1. The Morgan fingerprint density at radius 1 is 1.77 bits per heavy atom. The van der Waals surface area contributed by atoms with E-state index in [1.165, 1.54) is 0 Å². The molecule has 1 unspecified atom stereocenters. The fraction of sp³-hybridized carbons (Fsp3) is 0.889. The maximum Gasteiger partial charge on any atom is 0.237 e. The van der Waals surface area contributed by atoms with Crippen LogP contribution in [-0.4, -0.2) is 31.1 Å². The minimum absolute atomic E-state index is 0.0174. The lowest BCUT2D eigenvalue weighted by Gasteiger charge is -2.24. The smallest absolute Gasteiger partial charge is 0.237 e. The zero-order valence-electron chi connectivity index (χ0n) is 8.18. The van der Waals surface area contributed by atoms with Crippen molar-refractivity contribution in [2.75, 3.05) is 13.1 Å². The van der Waals surface area contributed by atoms with Crippen LogP contribution >= 0.6 is 0 Å². The van der Waals surface area contributed by atoms with E-state index in [-0.39, 0.29) is 18.0 Å². The van der Waals surface area contributed by atoms with Gasteiger partial charge in [-0.2, -0.15) is 0 Å². The lowest BCUT2D eigenvalue weighted by molar-refractivity contribution is -0.123. The van der Waals surface area contributed by atoms with Crippen molar-refractivity contribution < 1.29 is 4.79 Å². The van der Waals surface area contributed by atoms with Crippen LogP contribution in [0.5, 0.6) is 0 Å². The first-order valence-electron chi connectivity index (χ1n) is 5.00. The maximum absolute atomic E-state index is 11.4. The molecule has 4 nitrogen and oxygen atoms in total. The summed E-state index contributed by atoms with van der Waals surface area (Å²) >= 11 is 0. The van der Waals surface area contributed by atoms with Gasteiger partial charge in [0.15, 0.2) is 0 Å². The maximum atomic E-state index is 11.4. The molecule has 76 valence electrons. The number of nitrogens with one attached hydrogen (secondary N) is 2. The monoisotopic (exact) mass is 185 g/mol. The Bertz CT molecular complexity index is 166. The first kappa shape index (κ1) is 10.5. The number of carbonyl (C=O) groups is 1. The second-order valence-electron chi connectivity index (χ2n) is 3.57. The van der Waals surface area contributed by atoms with Gasteiger partial charge in [0.2, 0.25) is 5.91 Å². The molecule has 0 aliphatic carbocycles. The van der Waals surface area contributed by atoms with Crippen molar-refractivity contribution in [2.45, 2.75) is 38.3 Å². The van der Waals surface area contributed by atoms with Gasteiger partial charge in [-0.3, -0.25) is 4.79 Å². The summed E-state index contributed by atoms with van der Waals surface area (Å²) in [6.45, 7) is 3.86. The summed E-state index contributed by atoms with van der Waals surface area (Å²) in [4.78, 5) is 11.4. The van der Waals surface area contributed by atoms with E-state index in [1.807, 2.05) is 6.92 Å². The number of rotatable bonds is 3. The first-order valence-corrected chi connectivity index (χ1v) is 5.00. The van der Waals surface area contributed by atoms with E-state index in [0.717, 1.165) is 25.9 Å². The minimum Gasteiger partial charge on any atom is -0.351 e. The summed E-state index contributed by atoms with van der Waals surface area (Å²) in [6.07, 6.45) is 2.90. The largest absolute Gasteiger partial charge is 0.351 e. The van der Waals surface area contributed by atoms with Crippen molar-refractivity contribution in [2.24, 2.45) is 5.73 Å². The normalized spacial score (nSPS) is 25.2. The lowest BCUT2D eigenvalue weighted by Crippen LogP contribution is -2.50. The second-order valence-corrected chi connectivity index (χ2v) is 3.57. The minimum atomic E-state index is -0.345. The van der Waals surface area contributed by atoms with Crippen molar-refractivity contribution in [3.63, 3.8) is 0 Å². The molecule has 0 spiro atoms. The highest BCUT2D eigenvalue weighted by Gasteiger charge is 2.18. The van der Waals surface area contributed by atoms with E-state index >= 15 is 0 Å². The SMILES string of the molecule is CC[C@@H](N)C(=O)NC1CCCNC1. The highest BCUT2D eigenvalue weighted by molar-refractivity contribution is 5.81. The molecule has 1 aliphatic heterocycles. The van der Waals surface area contributed by atoms with Gasteiger partial charge in [0, 0.05) is 12.6 Å². The van der Waals surface area contributed by atoms with Crippen molar-refractivity contribution in [3.05, 3.63) is 0 Å². The summed E-state index contributed by atoms with van der Waals surface area (Å²) in [6, 6.07) is -0.0687. The molecule has 1 saturated heterocycles. The van der Waals surface area contributed by atoms with Crippen LogP contribution in [0.1, 0.15) is 26.2 Å². The predicted molar refractivity (Wildman–Crippen MR) is 52.3 cm³/mol. The number of amides is 1. The van der Waals surface area contributed by atoms with E-state index < -0.39 is 0 Å². The van der Waals surface area contributed by atoms with Crippen molar-refractivity contribution >= 4 is 5.91 Å². The first-order chi connectivity index (χ1) is 6.24. The molecule has 0 saturated carbocycles. The van der Waals surface area contributed by atoms with E-state index in [4.69, 9.17) is 5.73 Å². The van der Waals surface area contributed by atoms with Crippen LogP contribution in [0.2, 0.25) is 0 Å². The van der Waals surface area contributed by atoms with Crippen LogP contribution in [0, 0.1) is 0 Å². The molecule has 1 amide bonds. The molecule has 13 heavy (non-hydrogen) atoms. The average molecular weight is 185 g/mol. The van der Waals surface area contributed by atoms with Crippen molar-refractivity contribution in [1.29, 1.82) is 0 Å². The van der Waals surface area contributed by atoms with Gasteiger partial charge in [0.25, 0.3) is 0 Å². The Labute approximate surface area is 79.3 Å². The molecule has 2 atom stereocenters. The lowest BCUT2D eigenvalue weighted by atomic mass is 10.1. The number of carbonyl (C=O) groups excluding carboxylic acids is 1. The highest BCUT2D eigenvalue weighted by atomic mass is 16.2. The predicted octanol–water partition coefficient (Wildman–Crippen LogP) is -0.408. The van der Waals surface area contributed by atoms with Gasteiger partial charge in [-0.15, -0.1) is 0 Å². The fourth-order valence-corrected chi connectivity index (χ4v) is 1.47. The summed E-state index contributed by atoms with van der Waals surface area (Å²) < 4.78 is 0. The standard InChI is InChI=1S/C9H19N3O/c1-2-8(10)9(13)12-7-4-3-5-11-6-7/h7-8,11H,2-6,10H2,1H3,(H,12,13)/t7?,8-/m1/s1. The fourth-order valence-electron chi connectivity index (χ4n) is 1.47. The third kappa shape index (κ3) is 3.32. The third-order valence-corrected chi connectivity index (χ3v) is 2.42. The third-order valence-electron chi connectivity index (χ3n) is 2.42. The van der Waals surface area contributed by atoms with Crippen LogP contribution in [0.4, 0.5) is 0 Å². The molecule has 4 N–H and O–H groups in total. The topological polar surface area (TPSA) is 67.2 Å². The van der Waals surface area contributed by atoms with E-state index in [2.05, 4.69) is 10.6 Å². The Kier molecular flexibility index (Phi) is 4.18. The molecule has 4 heteroatoms. The van der Waals surface area contributed by atoms with E-state index in [0.29, 0.717) is 6.42 Å². The molecule has 1 fully saturated rings. The van der Waals surface area contributed by atoms with Gasteiger partial charge in [0.05, 0.1) is 6.04 Å². The summed E-state index contributed by atoms with van der Waals surface area (Å²) in [7, 11) is 0. The van der Waals surface area contributed by atoms with Gasteiger partial charge in [-0.05, 0) is 25.8 Å². The molecule has 1 heterocycles. The Morgan fingerprint density at radius 2 is 2.54 bits per heavy atom. The van der Waals surface area contributed by atoms with E-state index in [1.54, 1.807) is 0 Å². The van der Waals surface area contributed by atoms with Crippen LogP contribution in [0.15, 0.2) is 0 Å². The van der Waals surface area contributed by atoms with Gasteiger partial charge >= 0.3 is 0 Å². The van der Waals surface area contributed by atoms with Gasteiger partial charge in [0.1, 0.15) is 0 Å². The molecule has 0 radical (unpaired) electrons. The van der Waals surface area contributed by atoms with Crippen LogP contribution in [0.3, 0.4) is 0 Å². The molecule has 0 aromatic carbocycles. The second kappa shape index (κ2) is 5.19. The van der Waals surface area contributed by atoms with Crippen LogP contribution in [-0.2, 0) is 4.79 Å². The Balaban J connectivity index is 2.26. The van der Waals surface area contributed by atoms with Gasteiger partial charge < -0.3 is 16.4 Å². The van der Waals surface area contributed by atoms with Crippen LogP contribution < -0.4 is 16.4 Å². The van der Waals surface area contributed by atoms with Crippen molar-refractivity contribution in [3.8, 4) is 0 Å². The Morgan fingerprint density at radius 3 is 3.08 bits per heavy atom. The van der Waals surface area contributed by atoms with Gasteiger partial charge in [-0.25, -0.2) is 0 Å². The quantitative estimate of drug-likeness (QED) is 0.560. The number of hydrogen-bond donors (Lipinski definition) is 3. The zero-order valence-corrected chi connectivity index (χ0v) is 8.18. The molecular weight excluding hydrogens is 166 g/mol. The molecule has 1 rings (SSSR count). The van der Waals surface area contributed by atoms with Crippen molar-refractivity contribution in [1.82, 2.24) is 10.6 Å². The Hall–Kier alpha value is -0.610. The molecule has 0 bridgehead atoms. The molecule has 1 aliphatic rings. The summed E-state index contributed by atoms with van der Waals surface area (Å²) in [5.41, 5.74) is 5.60. The highest BCUT2D eigenvalue weighted by Crippen LogP contribution is 2.01. The average Bonchev–Trinajstić information content (AvgIpc) is 2.18. The molecule has 0 aromatic rings. The number of hydrogen-bond acceptors (Lipinski definition) is 3. The van der Waals surface area contributed by atoms with Crippen LogP contribution in [0.25, 0.3) is 0 Å². The zero-order chi connectivity index (χ0) is 9.68. The van der Waals surface area contributed by atoms with E-state index in [9.17, 15) is 4.79 Å². The summed E-state index contributed by atoms with van der Waals surface area (Å²) in [5.74, 6) is -0.0174. The number of piperidine rings is 1.